The van der Waals surface area contributed by atoms with Crippen LogP contribution in [0.2, 0.25) is 0 Å². The monoisotopic (exact) mass is 462 g/mol. The molecule has 0 N–H and O–H groups in total. The predicted octanol–water partition coefficient (Wildman–Crippen LogP) is 4.25. The lowest BCUT2D eigenvalue weighted by Gasteiger charge is -2.35. The molecule has 2 aromatic rings. The third-order valence-corrected chi connectivity index (χ3v) is 6.31. The van der Waals surface area contributed by atoms with Gasteiger partial charge in [-0.2, -0.15) is 0 Å². The minimum absolute atomic E-state index is 0.0581. The fraction of sp³-hybridized carbons (Fsp3) is 0.370. The number of likely N-dealkylation sites (tertiary alicyclic amines) is 1. The first kappa shape index (κ1) is 23.5. The number of carbonyl (C=O) groups excluding carboxylic acids is 3. The smallest absolute Gasteiger partial charge is 0.336 e. The van der Waals surface area contributed by atoms with Crippen molar-refractivity contribution in [2.24, 2.45) is 0 Å². The highest BCUT2D eigenvalue weighted by atomic mass is 16.5. The molecule has 0 aromatic heterocycles. The van der Waals surface area contributed by atoms with Crippen molar-refractivity contribution in [3.8, 4) is 11.5 Å². The van der Waals surface area contributed by atoms with Gasteiger partial charge in [-0.15, -0.1) is 0 Å². The van der Waals surface area contributed by atoms with Crippen LogP contribution in [0.5, 0.6) is 11.5 Å². The molecule has 1 atom stereocenters. The van der Waals surface area contributed by atoms with E-state index in [2.05, 4.69) is 0 Å². The third-order valence-electron chi connectivity index (χ3n) is 6.31. The highest BCUT2D eigenvalue weighted by molar-refractivity contribution is 5.97. The minimum Gasteiger partial charge on any atom is -0.463 e. The highest BCUT2D eigenvalue weighted by Gasteiger charge is 2.38. The van der Waals surface area contributed by atoms with E-state index in [4.69, 9.17) is 9.47 Å². The number of allylic oxidation sites excluding steroid dienone is 1. The topological polar surface area (TPSA) is 76.2 Å². The molecule has 0 radical (unpaired) electrons. The molecule has 7 heteroatoms. The van der Waals surface area contributed by atoms with Crippen molar-refractivity contribution in [3.63, 3.8) is 0 Å². The number of benzene rings is 2. The van der Waals surface area contributed by atoms with E-state index in [1.165, 1.54) is 4.90 Å². The standard InChI is InChI=1S/C27H30N2O5/c1-3-33-27(32)26-19(2)29(18-25(31)28-14-7-8-15-28)24(30)17-23(26)20-10-9-13-22(16-20)34-21-11-5-4-6-12-21/h4-6,9-13,16,23H,3,7-8,14-15,17-18H2,1-2H3. The number of nitrogens with zero attached hydrogens (tertiary/aromatic N) is 2. The fourth-order valence-corrected chi connectivity index (χ4v) is 4.58. The van der Waals surface area contributed by atoms with E-state index in [9.17, 15) is 14.4 Å². The van der Waals surface area contributed by atoms with Crippen molar-refractivity contribution >= 4 is 17.8 Å². The first-order valence-corrected chi connectivity index (χ1v) is 11.8. The minimum atomic E-state index is -0.482. The Hall–Kier alpha value is -3.61. The molecule has 178 valence electrons. The van der Waals surface area contributed by atoms with Gasteiger partial charge in [-0.1, -0.05) is 30.3 Å². The molecule has 2 aliphatic rings. The van der Waals surface area contributed by atoms with E-state index in [1.54, 1.807) is 18.7 Å². The van der Waals surface area contributed by atoms with E-state index >= 15 is 0 Å². The lowest BCUT2D eigenvalue weighted by molar-refractivity contribution is -0.142. The molecule has 0 bridgehead atoms. The summed E-state index contributed by atoms with van der Waals surface area (Å²) in [7, 11) is 0. The summed E-state index contributed by atoms with van der Waals surface area (Å²) in [6, 6.07) is 16.8. The summed E-state index contributed by atoms with van der Waals surface area (Å²) >= 11 is 0. The van der Waals surface area contributed by atoms with Crippen LogP contribution < -0.4 is 4.74 Å². The first-order chi connectivity index (χ1) is 16.5. The van der Waals surface area contributed by atoms with Crippen LogP contribution in [0, 0.1) is 0 Å². The number of carbonyl (C=O) groups is 3. The molecular formula is C27H30N2O5. The highest BCUT2D eigenvalue weighted by Crippen LogP contribution is 2.38. The van der Waals surface area contributed by atoms with Crippen LogP contribution in [0.1, 0.15) is 44.6 Å². The Labute approximate surface area is 199 Å². The van der Waals surface area contributed by atoms with Crippen LogP contribution >= 0.6 is 0 Å². The molecule has 2 amide bonds. The Morgan fingerprint density at radius 2 is 1.71 bits per heavy atom. The normalized spacial score (nSPS) is 18.3. The van der Waals surface area contributed by atoms with E-state index in [0.29, 0.717) is 35.9 Å². The maximum absolute atomic E-state index is 13.2. The summed E-state index contributed by atoms with van der Waals surface area (Å²) in [5, 5.41) is 0. The van der Waals surface area contributed by atoms with Crippen molar-refractivity contribution in [2.75, 3.05) is 26.2 Å². The van der Waals surface area contributed by atoms with Crippen LogP contribution in [0.25, 0.3) is 0 Å². The van der Waals surface area contributed by atoms with Gasteiger partial charge in [0.2, 0.25) is 11.8 Å². The predicted molar refractivity (Wildman–Crippen MR) is 127 cm³/mol. The van der Waals surface area contributed by atoms with Gasteiger partial charge in [-0.3, -0.25) is 9.59 Å². The molecular weight excluding hydrogens is 432 g/mol. The van der Waals surface area contributed by atoms with E-state index in [0.717, 1.165) is 18.4 Å². The van der Waals surface area contributed by atoms with Gasteiger partial charge in [0.15, 0.2) is 0 Å². The fourth-order valence-electron chi connectivity index (χ4n) is 4.58. The first-order valence-electron chi connectivity index (χ1n) is 11.8. The molecule has 0 spiro atoms. The zero-order valence-corrected chi connectivity index (χ0v) is 19.7. The second-order valence-corrected chi connectivity index (χ2v) is 8.53. The van der Waals surface area contributed by atoms with Gasteiger partial charge in [0, 0.05) is 31.1 Å². The van der Waals surface area contributed by atoms with Crippen LogP contribution in [0.4, 0.5) is 0 Å². The largest absolute Gasteiger partial charge is 0.463 e. The second kappa shape index (κ2) is 10.5. The van der Waals surface area contributed by atoms with Crippen LogP contribution in [-0.2, 0) is 19.1 Å². The van der Waals surface area contributed by atoms with Crippen molar-refractivity contribution in [1.29, 1.82) is 0 Å². The number of rotatable bonds is 7. The number of esters is 1. The second-order valence-electron chi connectivity index (χ2n) is 8.53. The third kappa shape index (κ3) is 5.14. The van der Waals surface area contributed by atoms with Gasteiger partial charge in [0.25, 0.3) is 0 Å². The Morgan fingerprint density at radius 1 is 1.00 bits per heavy atom. The van der Waals surface area contributed by atoms with Crippen molar-refractivity contribution in [2.45, 2.75) is 39.0 Å². The van der Waals surface area contributed by atoms with Crippen LogP contribution in [0.3, 0.4) is 0 Å². The lowest BCUT2D eigenvalue weighted by Crippen LogP contribution is -2.44. The van der Waals surface area contributed by atoms with Gasteiger partial charge < -0.3 is 19.3 Å². The number of hydrogen-bond donors (Lipinski definition) is 0. The summed E-state index contributed by atoms with van der Waals surface area (Å²) in [4.78, 5) is 42.2. The molecule has 34 heavy (non-hydrogen) atoms. The molecule has 1 fully saturated rings. The van der Waals surface area contributed by atoms with Crippen molar-refractivity contribution < 1.29 is 23.9 Å². The van der Waals surface area contributed by atoms with E-state index in [-0.39, 0.29) is 31.4 Å². The van der Waals surface area contributed by atoms with Gasteiger partial charge in [-0.25, -0.2) is 4.79 Å². The van der Waals surface area contributed by atoms with Crippen LogP contribution in [-0.4, -0.2) is 53.8 Å². The Kier molecular flexibility index (Phi) is 7.30. The molecule has 0 saturated carbocycles. The molecule has 4 rings (SSSR count). The van der Waals surface area contributed by atoms with Crippen molar-refractivity contribution in [3.05, 3.63) is 71.4 Å². The lowest BCUT2D eigenvalue weighted by atomic mass is 9.83. The Bertz CT molecular complexity index is 1090. The average Bonchev–Trinajstić information content (AvgIpc) is 3.37. The van der Waals surface area contributed by atoms with Gasteiger partial charge in [-0.05, 0) is 56.5 Å². The number of para-hydroxylation sites is 1. The molecule has 1 saturated heterocycles. The zero-order valence-electron chi connectivity index (χ0n) is 19.7. The van der Waals surface area contributed by atoms with E-state index in [1.807, 2.05) is 54.6 Å². The van der Waals surface area contributed by atoms with Gasteiger partial charge >= 0.3 is 5.97 Å². The molecule has 2 heterocycles. The summed E-state index contributed by atoms with van der Waals surface area (Å²) in [6.07, 6.45) is 2.03. The molecule has 0 aliphatic carbocycles. The summed E-state index contributed by atoms with van der Waals surface area (Å²) < 4.78 is 11.3. The number of hydrogen-bond acceptors (Lipinski definition) is 5. The maximum atomic E-state index is 13.2. The molecule has 2 aromatic carbocycles. The number of ether oxygens (including phenoxy) is 2. The molecule has 1 unspecified atom stereocenters. The SMILES string of the molecule is CCOC(=O)C1=C(C)N(CC(=O)N2CCCC2)C(=O)CC1c1cccc(Oc2ccccc2)c1. The summed E-state index contributed by atoms with van der Waals surface area (Å²) in [6.45, 7) is 5.06. The summed E-state index contributed by atoms with van der Waals surface area (Å²) in [5.41, 5.74) is 1.67. The Balaban J connectivity index is 1.64. The maximum Gasteiger partial charge on any atom is 0.336 e. The number of amides is 2. The quantitative estimate of drug-likeness (QED) is 0.575. The summed E-state index contributed by atoms with van der Waals surface area (Å²) in [5.74, 6) is 0.0871. The molecule has 2 aliphatic heterocycles. The van der Waals surface area contributed by atoms with Gasteiger partial charge in [0.05, 0.1) is 12.2 Å². The van der Waals surface area contributed by atoms with Crippen molar-refractivity contribution in [1.82, 2.24) is 9.80 Å². The van der Waals surface area contributed by atoms with Crippen LogP contribution in [0.15, 0.2) is 65.9 Å². The molecule has 7 nitrogen and oxygen atoms in total. The average molecular weight is 463 g/mol. The van der Waals surface area contributed by atoms with E-state index < -0.39 is 11.9 Å². The Morgan fingerprint density at radius 3 is 2.41 bits per heavy atom. The van der Waals surface area contributed by atoms with Gasteiger partial charge in [0.1, 0.15) is 18.0 Å². The zero-order chi connectivity index (χ0) is 24.1.